The van der Waals surface area contributed by atoms with Crippen LogP contribution in [0.3, 0.4) is 0 Å². The van der Waals surface area contributed by atoms with Crippen LogP contribution in [0.25, 0.3) is 33.3 Å². The van der Waals surface area contributed by atoms with E-state index in [0.717, 1.165) is 28.2 Å². The Morgan fingerprint density at radius 1 is 0.871 bits per heavy atom. The van der Waals surface area contributed by atoms with Crippen LogP contribution in [0.15, 0.2) is 97.2 Å². The van der Waals surface area contributed by atoms with Crippen LogP contribution in [-0.2, 0) is 6.54 Å². The van der Waals surface area contributed by atoms with Crippen LogP contribution in [0, 0.1) is 0 Å². The molecule has 0 saturated carbocycles. The van der Waals surface area contributed by atoms with E-state index in [-0.39, 0.29) is 5.91 Å². The Balaban J connectivity index is 1.34. The number of nitrogens with zero attached hydrogens (tertiary/aromatic N) is 2. The van der Waals surface area contributed by atoms with Gasteiger partial charge in [0.25, 0.3) is 5.91 Å². The maximum absolute atomic E-state index is 12.4. The quantitative estimate of drug-likeness (QED) is 0.422. The lowest BCUT2D eigenvalue weighted by atomic mass is 10.0. The van der Waals surface area contributed by atoms with Crippen molar-refractivity contribution in [2.24, 2.45) is 0 Å². The Morgan fingerprint density at radius 3 is 2.52 bits per heavy atom. The highest BCUT2D eigenvalue weighted by atomic mass is 16.1. The molecule has 0 aliphatic carbocycles. The van der Waals surface area contributed by atoms with Crippen LogP contribution in [-0.4, -0.2) is 21.1 Å². The third-order valence-corrected chi connectivity index (χ3v) is 5.26. The number of amides is 1. The Morgan fingerprint density at radius 2 is 1.68 bits per heavy atom. The predicted octanol–water partition coefficient (Wildman–Crippen LogP) is 5.22. The van der Waals surface area contributed by atoms with Crippen molar-refractivity contribution in [3.8, 4) is 22.5 Å². The average molecular weight is 404 g/mol. The third-order valence-electron chi connectivity index (χ3n) is 5.26. The highest BCUT2D eigenvalue weighted by molar-refractivity contribution is 5.96. The molecule has 0 unspecified atom stereocenters. The van der Waals surface area contributed by atoms with Gasteiger partial charge in [-0.2, -0.15) is 5.10 Å². The van der Waals surface area contributed by atoms with Gasteiger partial charge in [-0.25, -0.2) is 0 Å². The van der Waals surface area contributed by atoms with Gasteiger partial charge in [-0.1, -0.05) is 60.7 Å². The van der Waals surface area contributed by atoms with Crippen molar-refractivity contribution in [2.45, 2.75) is 6.54 Å². The first-order valence-corrected chi connectivity index (χ1v) is 10.1. The summed E-state index contributed by atoms with van der Waals surface area (Å²) in [4.78, 5) is 16.6. The molecule has 5 nitrogen and oxygen atoms in total. The molecule has 0 saturated heterocycles. The Bertz CT molecular complexity index is 1340. The van der Waals surface area contributed by atoms with Gasteiger partial charge in [-0.3, -0.25) is 14.9 Å². The second-order valence-corrected chi connectivity index (χ2v) is 7.27. The van der Waals surface area contributed by atoms with E-state index in [1.807, 2.05) is 60.7 Å². The summed E-state index contributed by atoms with van der Waals surface area (Å²) in [6.07, 6.45) is 1.71. The predicted molar refractivity (Wildman–Crippen MR) is 122 cm³/mol. The number of hydrogen-bond donors (Lipinski definition) is 2. The second kappa shape index (κ2) is 8.24. The van der Waals surface area contributed by atoms with Crippen LogP contribution >= 0.6 is 0 Å². The fourth-order valence-electron chi connectivity index (χ4n) is 3.64. The topological polar surface area (TPSA) is 70.7 Å². The standard InChI is InChI=1S/C26H20N4O/c31-26(28-17-21-8-3-4-15-27-21)20-13-11-19(12-14-20)24-16-25(30-29-24)23-10-5-7-18-6-1-2-9-22(18)23/h1-16H,17H2,(H,28,31)(H,29,30). The molecule has 150 valence electrons. The zero-order valence-electron chi connectivity index (χ0n) is 16.7. The van der Waals surface area contributed by atoms with E-state index in [1.165, 1.54) is 10.8 Å². The third kappa shape index (κ3) is 3.94. The molecule has 1 amide bonds. The van der Waals surface area contributed by atoms with Crippen LogP contribution in [0.1, 0.15) is 16.1 Å². The molecule has 0 bridgehead atoms. The van der Waals surface area contributed by atoms with Gasteiger partial charge in [0.05, 0.1) is 23.6 Å². The van der Waals surface area contributed by atoms with E-state index in [2.05, 4.69) is 50.8 Å². The molecule has 2 N–H and O–H groups in total. The Hall–Kier alpha value is -4.25. The van der Waals surface area contributed by atoms with Crippen molar-refractivity contribution in [1.82, 2.24) is 20.5 Å². The molecule has 0 spiro atoms. The lowest BCUT2D eigenvalue weighted by Gasteiger charge is -2.05. The van der Waals surface area contributed by atoms with Gasteiger partial charge in [0.15, 0.2) is 0 Å². The van der Waals surface area contributed by atoms with Gasteiger partial charge in [0.2, 0.25) is 0 Å². The maximum atomic E-state index is 12.4. The van der Waals surface area contributed by atoms with E-state index in [9.17, 15) is 4.79 Å². The molecule has 5 rings (SSSR count). The molecule has 0 aliphatic heterocycles. The number of carbonyl (C=O) groups is 1. The van der Waals surface area contributed by atoms with Crippen LogP contribution in [0.4, 0.5) is 0 Å². The largest absolute Gasteiger partial charge is 0.346 e. The van der Waals surface area contributed by atoms with Crippen LogP contribution in [0.2, 0.25) is 0 Å². The molecule has 0 radical (unpaired) electrons. The molecular weight excluding hydrogens is 384 g/mol. The van der Waals surface area contributed by atoms with Gasteiger partial charge in [-0.15, -0.1) is 0 Å². The molecule has 0 atom stereocenters. The first-order valence-electron chi connectivity index (χ1n) is 10.1. The summed E-state index contributed by atoms with van der Waals surface area (Å²) in [6, 6.07) is 29.7. The van der Waals surface area contributed by atoms with Crippen LogP contribution in [0.5, 0.6) is 0 Å². The van der Waals surface area contributed by atoms with E-state index < -0.39 is 0 Å². The maximum Gasteiger partial charge on any atom is 0.251 e. The van der Waals surface area contributed by atoms with Crippen molar-refractivity contribution in [3.05, 3.63) is 108 Å². The minimum absolute atomic E-state index is 0.129. The number of aromatic nitrogens is 3. The van der Waals surface area contributed by atoms with E-state index in [0.29, 0.717) is 12.1 Å². The number of hydrogen-bond acceptors (Lipinski definition) is 3. The summed E-state index contributed by atoms with van der Waals surface area (Å²) < 4.78 is 0. The smallest absolute Gasteiger partial charge is 0.251 e. The van der Waals surface area contributed by atoms with Gasteiger partial charge < -0.3 is 5.32 Å². The lowest BCUT2D eigenvalue weighted by Crippen LogP contribution is -2.23. The number of pyridine rings is 1. The fraction of sp³-hybridized carbons (Fsp3) is 0.0385. The molecule has 3 aromatic carbocycles. The van der Waals surface area contributed by atoms with E-state index >= 15 is 0 Å². The van der Waals surface area contributed by atoms with Crippen LogP contribution < -0.4 is 5.32 Å². The summed E-state index contributed by atoms with van der Waals surface area (Å²) in [6.45, 7) is 0.398. The normalized spacial score (nSPS) is 10.8. The molecule has 2 heterocycles. The van der Waals surface area contributed by atoms with Gasteiger partial charge in [-0.05, 0) is 41.1 Å². The molecule has 5 aromatic rings. The number of nitrogens with one attached hydrogen (secondary N) is 2. The zero-order chi connectivity index (χ0) is 21.0. The summed E-state index contributed by atoms with van der Waals surface area (Å²) in [7, 11) is 0. The lowest BCUT2D eigenvalue weighted by molar-refractivity contribution is 0.0950. The number of fused-ring (bicyclic) bond motifs is 1. The number of carbonyl (C=O) groups excluding carboxylic acids is 1. The summed E-state index contributed by atoms with van der Waals surface area (Å²) in [5.41, 5.74) is 5.29. The van der Waals surface area contributed by atoms with E-state index in [1.54, 1.807) is 6.20 Å². The summed E-state index contributed by atoms with van der Waals surface area (Å²) >= 11 is 0. The molecule has 0 aliphatic rings. The summed E-state index contributed by atoms with van der Waals surface area (Å²) in [5.74, 6) is -0.129. The summed E-state index contributed by atoms with van der Waals surface area (Å²) in [5, 5.41) is 12.9. The monoisotopic (exact) mass is 404 g/mol. The molecular formula is C26H20N4O. The highest BCUT2D eigenvalue weighted by Gasteiger charge is 2.10. The van der Waals surface area contributed by atoms with Gasteiger partial charge in [0, 0.05) is 22.9 Å². The first-order chi connectivity index (χ1) is 15.3. The molecule has 5 heteroatoms. The number of aromatic amines is 1. The number of rotatable bonds is 5. The average Bonchev–Trinajstić information content (AvgIpc) is 3.33. The minimum Gasteiger partial charge on any atom is -0.346 e. The highest BCUT2D eigenvalue weighted by Crippen LogP contribution is 2.29. The van der Waals surface area contributed by atoms with E-state index in [4.69, 9.17) is 0 Å². The first kappa shape index (κ1) is 18.8. The van der Waals surface area contributed by atoms with Crippen molar-refractivity contribution < 1.29 is 4.79 Å². The number of benzene rings is 3. The Labute approximate surface area is 179 Å². The van der Waals surface area contributed by atoms with Crippen molar-refractivity contribution in [1.29, 1.82) is 0 Å². The molecule has 0 fully saturated rings. The van der Waals surface area contributed by atoms with Crippen molar-refractivity contribution >= 4 is 16.7 Å². The van der Waals surface area contributed by atoms with Gasteiger partial charge in [0.1, 0.15) is 0 Å². The van der Waals surface area contributed by atoms with Crippen molar-refractivity contribution in [2.75, 3.05) is 0 Å². The Kier molecular flexibility index (Phi) is 4.99. The van der Waals surface area contributed by atoms with Gasteiger partial charge >= 0.3 is 0 Å². The molecule has 2 aromatic heterocycles. The number of H-pyrrole nitrogens is 1. The zero-order valence-corrected chi connectivity index (χ0v) is 16.7. The van der Waals surface area contributed by atoms with Crippen molar-refractivity contribution in [3.63, 3.8) is 0 Å². The SMILES string of the molecule is O=C(NCc1ccccn1)c1ccc(-c2cc(-c3cccc4ccccc34)[nH]n2)cc1. The minimum atomic E-state index is -0.129. The second-order valence-electron chi connectivity index (χ2n) is 7.27. The fourth-order valence-corrected chi connectivity index (χ4v) is 3.64. The molecule has 31 heavy (non-hydrogen) atoms.